The van der Waals surface area contributed by atoms with Crippen LogP contribution in [0.3, 0.4) is 0 Å². The van der Waals surface area contributed by atoms with Crippen molar-refractivity contribution < 1.29 is 14.1 Å². The molecule has 1 aliphatic carbocycles. The number of carbonyl (C=O) groups is 1. The fourth-order valence-corrected chi connectivity index (χ4v) is 3.00. The van der Waals surface area contributed by atoms with Gasteiger partial charge in [0.15, 0.2) is 0 Å². The van der Waals surface area contributed by atoms with Crippen LogP contribution in [0.5, 0.6) is 5.75 Å². The van der Waals surface area contributed by atoms with E-state index >= 15 is 0 Å². The van der Waals surface area contributed by atoms with Crippen molar-refractivity contribution in [2.24, 2.45) is 0 Å². The lowest BCUT2D eigenvalue weighted by atomic mass is 10.1. The van der Waals surface area contributed by atoms with Gasteiger partial charge in [-0.2, -0.15) is 0 Å². The Morgan fingerprint density at radius 3 is 3.00 bits per heavy atom. The molecule has 1 fully saturated rings. The van der Waals surface area contributed by atoms with Gasteiger partial charge in [-0.25, -0.2) is 4.79 Å². The van der Waals surface area contributed by atoms with E-state index < -0.39 is 0 Å². The third-order valence-corrected chi connectivity index (χ3v) is 4.45. The Bertz CT molecular complexity index is 767. The Morgan fingerprint density at radius 2 is 2.21 bits per heavy atom. The van der Waals surface area contributed by atoms with Crippen molar-refractivity contribution >= 4 is 11.7 Å². The lowest BCUT2D eigenvalue weighted by Gasteiger charge is -2.16. The van der Waals surface area contributed by atoms with Crippen LogP contribution in [-0.2, 0) is 13.0 Å². The van der Waals surface area contributed by atoms with Crippen LogP contribution in [0.2, 0.25) is 0 Å². The molecule has 0 unspecified atom stereocenters. The number of ether oxygens (including phenoxy) is 1. The predicted molar refractivity (Wildman–Crippen MR) is 89.2 cm³/mol. The van der Waals surface area contributed by atoms with E-state index in [0.29, 0.717) is 12.5 Å². The standard InChI is InChI=1S/C18H21N3O3/c1-11-7-13-8-14(5-6-16(13)23-11)19-18(22)21(2)10-15-9-17(24-20-15)12-3-4-12/h5-6,8-9,11-12H,3-4,7,10H2,1-2H3,(H,19,22)/t11-/m1/s1. The van der Waals surface area contributed by atoms with Gasteiger partial charge in [0, 0.05) is 31.1 Å². The molecule has 1 N–H and O–H groups in total. The highest BCUT2D eigenvalue weighted by Crippen LogP contribution is 2.40. The van der Waals surface area contributed by atoms with Gasteiger partial charge in [0.25, 0.3) is 0 Å². The van der Waals surface area contributed by atoms with Gasteiger partial charge in [0.1, 0.15) is 23.3 Å². The van der Waals surface area contributed by atoms with E-state index in [2.05, 4.69) is 10.5 Å². The Morgan fingerprint density at radius 1 is 1.38 bits per heavy atom. The minimum Gasteiger partial charge on any atom is -0.490 e. The first kappa shape index (κ1) is 15.1. The van der Waals surface area contributed by atoms with E-state index in [4.69, 9.17) is 9.26 Å². The molecule has 2 aromatic rings. The first-order valence-corrected chi connectivity index (χ1v) is 8.35. The molecule has 1 atom stereocenters. The van der Waals surface area contributed by atoms with Crippen LogP contribution in [0, 0.1) is 0 Å². The van der Waals surface area contributed by atoms with Crippen LogP contribution >= 0.6 is 0 Å². The smallest absolute Gasteiger partial charge is 0.321 e. The SMILES string of the molecule is C[C@@H]1Cc2cc(NC(=O)N(C)Cc3cc(C4CC4)on3)ccc2O1. The zero-order valence-electron chi connectivity index (χ0n) is 13.9. The third-order valence-electron chi connectivity index (χ3n) is 4.45. The van der Waals surface area contributed by atoms with Gasteiger partial charge in [-0.1, -0.05) is 5.16 Å². The summed E-state index contributed by atoms with van der Waals surface area (Å²) in [7, 11) is 1.75. The monoisotopic (exact) mass is 327 g/mol. The summed E-state index contributed by atoms with van der Waals surface area (Å²) in [5, 5.41) is 6.97. The molecule has 4 rings (SSSR count). The molecule has 0 bridgehead atoms. The van der Waals surface area contributed by atoms with Crippen molar-refractivity contribution in [1.29, 1.82) is 0 Å². The van der Waals surface area contributed by atoms with E-state index in [0.717, 1.165) is 34.9 Å². The molecule has 6 nitrogen and oxygen atoms in total. The topological polar surface area (TPSA) is 67.6 Å². The zero-order chi connectivity index (χ0) is 16.7. The van der Waals surface area contributed by atoms with Crippen molar-refractivity contribution in [1.82, 2.24) is 10.1 Å². The van der Waals surface area contributed by atoms with Gasteiger partial charge in [0.2, 0.25) is 0 Å². The fraction of sp³-hybridized carbons (Fsp3) is 0.444. The molecule has 0 spiro atoms. The van der Waals surface area contributed by atoms with E-state index in [9.17, 15) is 4.79 Å². The summed E-state index contributed by atoms with van der Waals surface area (Å²) >= 11 is 0. The number of nitrogens with one attached hydrogen (secondary N) is 1. The molecule has 24 heavy (non-hydrogen) atoms. The minimum atomic E-state index is -0.169. The summed E-state index contributed by atoms with van der Waals surface area (Å²) in [6.45, 7) is 2.47. The predicted octanol–water partition coefficient (Wildman–Crippen LogP) is 3.54. The molecular weight excluding hydrogens is 306 g/mol. The molecule has 0 saturated heterocycles. The van der Waals surface area contributed by atoms with Crippen LogP contribution in [0.25, 0.3) is 0 Å². The maximum Gasteiger partial charge on any atom is 0.321 e. The summed E-state index contributed by atoms with van der Waals surface area (Å²) in [5.74, 6) is 2.37. The van der Waals surface area contributed by atoms with Crippen LogP contribution in [0.1, 0.15) is 42.7 Å². The maximum absolute atomic E-state index is 12.4. The van der Waals surface area contributed by atoms with Crippen molar-refractivity contribution in [3.05, 3.63) is 41.3 Å². The number of benzene rings is 1. The molecule has 0 radical (unpaired) electrons. The third kappa shape index (κ3) is 3.09. The average molecular weight is 327 g/mol. The molecule has 2 amide bonds. The first-order valence-electron chi connectivity index (χ1n) is 8.35. The maximum atomic E-state index is 12.4. The van der Waals surface area contributed by atoms with Crippen molar-refractivity contribution in [2.45, 2.75) is 44.8 Å². The van der Waals surface area contributed by atoms with Crippen molar-refractivity contribution in [3.8, 4) is 5.75 Å². The van der Waals surface area contributed by atoms with E-state index in [-0.39, 0.29) is 12.1 Å². The van der Waals surface area contributed by atoms with E-state index in [1.54, 1.807) is 11.9 Å². The number of nitrogens with zero attached hydrogens (tertiary/aromatic N) is 2. The molecule has 2 aliphatic rings. The number of aromatic nitrogens is 1. The summed E-state index contributed by atoms with van der Waals surface area (Å²) < 4.78 is 11.0. The Balaban J connectivity index is 1.37. The number of carbonyl (C=O) groups excluding carboxylic acids is 1. The van der Waals surface area contributed by atoms with Gasteiger partial charge >= 0.3 is 6.03 Å². The number of fused-ring (bicyclic) bond motifs is 1. The summed E-state index contributed by atoms with van der Waals surface area (Å²) in [6.07, 6.45) is 3.41. The number of anilines is 1. The summed E-state index contributed by atoms with van der Waals surface area (Å²) in [4.78, 5) is 14.0. The minimum absolute atomic E-state index is 0.169. The van der Waals surface area contributed by atoms with E-state index in [1.807, 2.05) is 31.2 Å². The Hall–Kier alpha value is -2.50. The van der Waals surface area contributed by atoms with Crippen molar-refractivity contribution in [3.63, 3.8) is 0 Å². The average Bonchev–Trinajstić information content (AvgIpc) is 3.18. The zero-order valence-corrected chi connectivity index (χ0v) is 13.9. The van der Waals surface area contributed by atoms with E-state index in [1.165, 1.54) is 12.8 Å². The second kappa shape index (κ2) is 5.85. The molecule has 126 valence electrons. The molecule has 2 heterocycles. The molecule has 1 aliphatic heterocycles. The fourth-order valence-electron chi connectivity index (χ4n) is 3.00. The second-order valence-electron chi connectivity index (χ2n) is 6.74. The van der Waals surface area contributed by atoms with Gasteiger partial charge in [-0.05, 0) is 43.5 Å². The lowest BCUT2D eigenvalue weighted by molar-refractivity contribution is 0.219. The largest absolute Gasteiger partial charge is 0.490 e. The van der Waals surface area contributed by atoms with Gasteiger partial charge in [-0.3, -0.25) is 0 Å². The highest BCUT2D eigenvalue weighted by atomic mass is 16.5. The number of hydrogen-bond acceptors (Lipinski definition) is 4. The molecule has 6 heteroatoms. The second-order valence-corrected chi connectivity index (χ2v) is 6.74. The Labute approximate surface area is 140 Å². The normalized spacial score (nSPS) is 18.8. The van der Waals surface area contributed by atoms with Crippen LogP contribution in [0.15, 0.2) is 28.8 Å². The molecule has 1 saturated carbocycles. The number of urea groups is 1. The summed E-state index contributed by atoms with van der Waals surface area (Å²) in [5.41, 5.74) is 2.70. The molecule has 1 aromatic carbocycles. The van der Waals surface area contributed by atoms with Crippen LogP contribution < -0.4 is 10.1 Å². The Kier molecular flexibility index (Phi) is 3.67. The highest BCUT2D eigenvalue weighted by Gasteiger charge is 2.28. The molecule has 1 aromatic heterocycles. The van der Waals surface area contributed by atoms with Gasteiger partial charge in [0.05, 0.1) is 6.54 Å². The van der Waals surface area contributed by atoms with Crippen LogP contribution in [-0.4, -0.2) is 29.2 Å². The lowest BCUT2D eigenvalue weighted by Crippen LogP contribution is -2.30. The quantitative estimate of drug-likeness (QED) is 0.932. The number of amides is 2. The molecular formula is C18H21N3O3. The van der Waals surface area contributed by atoms with Gasteiger partial charge < -0.3 is 19.5 Å². The number of hydrogen-bond donors (Lipinski definition) is 1. The number of rotatable bonds is 4. The van der Waals surface area contributed by atoms with Gasteiger partial charge in [-0.15, -0.1) is 0 Å². The van der Waals surface area contributed by atoms with Crippen molar-refractivity contribution in [2.75, 3.05) is 12.4 Å². The van der Waals surface area contributed by atoms with Crippen LogP contribution in [0.4, 0.5) is 10.5 Å². The summed E-state index contributed by atoms with van der Waals surface area (Å²) in [6, 6.07) is 7.54. The highest BCUT2D eigenvalue weighted by molar-refractivity contribution is 5.89. The first-order chi connectivity index (χ1) is 11.6.